The first kappa shape index (κ1) is 20.5. The number of para-hydroxylation sites is 2. The summed E-state index contributed by atoms with van der Waals surface area (Å²) in [5.41, 5.74) is 1.50. The normalized spacial score (nSPS) is 16.4. The Bertz CT molecular complexity index is 1060. The number of hydrogen-bond donors (Lipinski definition) is 1. The second-order valence-electron chi connectivity index (χ2n) is 7.51. The predicted molar refractivity (Wildman–Crippen MR) is 120 cm³/mol. The predicted octanol–water partition coefficient (Wildman–Crippen LogP) is 3.95. The zero-order valence-corrected chi connectivity index (χ0v) is 17.6. The maximum atomic E-state index is 12.7. The van der Waals surface area contributed by atoms with Crippen molar-refractivity contribution in [2.75, 3.05) is 31.5 Å². The number of hydrogen-bond acceptors (Lipinski definition) is 6. The fourth-order valence-corrected chi connectivity index (χ4v) is 4.80. The molecule has 1 aliphatic rings. The number of carbonyl (C=O) groups excluding carboxylic acids is 1. The van der Waals surface area contributed by atoms with Gasteiger partial charge >= 0.3 is 0 Å². The number of rotatable bonds is 6. The van der Waals surface area contributed by atoms with Gasteiger partial charge in [-0.15, -0.1) is 11.3 Å². The minimum atomic E-state index is -0.479. The van der Waals surface area contributed by atoms with Crippen LogP contribution in [0.15, 0.2) is 53.9 Å². The van der Waals surface area contributed by atoms with Crippen molar-refractivity contribution in [1.29, 1.82) is 0 Å². The Labute approximate surface area is 179 Å². The van der Waals surface area contributed by atoms with Crippen LogP contribution < -0.4 is 5.32 Å². The van der Waals surface area contributed by atoms with Crippen LogP contribution in [-0.2, 0) is 11.3 Å². The van der Waals surface area contributed by atoms with Crippen LogP contribution in [0.25, 0.3) is 10.1 Å². The maximum absolute atomic E-state index is 12.7. The smallest absolute Gasteiger partial charge is 0.292 e. The van der Waals surface area contributed by atoms with E-state index in [-0.39, 0.29) is 23.3 Å². The highest BCUT2D eigenvalue weighted by atomic mass is 32.1. The number of carbonyl (C=O) groups is 1. The van der Waals surface area contributed by atoms with E-state index in [4.69, 9.17) is 0 Å². The number of amides is 1. The lowest BCUT2D eigenvalue weighted by atomic mass is 10.1. The molecule has 1 amide bonds. The van der Waals surface area contributed by atoms with Crippen molar-refractivity contribution in [3.05, 3.63) is 69.6 Å². The van der Waals surface area contributed by atoms with Crippen molar-refractivity contribution in [2.24, 2.45) is 0 Å². The van der Waals surface area contributed by atoms with E-state index < -0.39 is 4.92 Å². The van der Waals surface area contributed by atoms with Gasteiger partial charge in [-0.2, -0.15) is 0 Å². The molecule has 0 spiro atoms. The Kier molecular flexibility index (Phi) is 6.08. The van der Waals surface area contributed by atoms with Gasteiger partial charge in [0.05, 0.1) is 11.0 Å². The highest BCUT2D eigenvalue weighted by molar-refractivity contribution is 7.17. The van der Waals surface area contributed by atoms with Crippen molar-refractivity contribution in [3.8, 4) is 0 Å². The van der Waals surface area contributed by atoms with E-state index in [9.17, 15) is 14.9 Å². The van der Waals surface area contributed by atoms with Crippen molar-refractivity contribution in [3.63, 3.8) is 0 Å². The van der Waals surface area contributed by atoms with Crippen molar-refractivity contribution < 1.29 is 9.72 Å². The van der Waals surface area contributed by atoms with Crippen molar-refractivity contribution >= 4 is 38.7 Å². The average molecular weight is 425 g/mol. The molecule has 0 saturated carbocycles. The number of nitro groups is 1. The molecule has 0 unspecified atom stereocenters. The average Bonchev–Trinajstić information content (AvgIpc) is 3.17. The standard InChI is InChI=1S/C22H24N4O3S/c1-16(22(27)23-19-7-3-4-8-20(19)26(28)29)25-12-10-24(11-13-25)14-17-15-30-21-9-5-2-6-18(17)21/h2-9,15-16H,10-14H2,1H3,(H,23,27)/t16-/m1/s1. The first-order valence-corrected chi connectivity index (χ1v) is 10.9. The van der Waals surface area contributed by atoms with Crippen LogP contribution in [-0.4, -0.2) is 52.9 Å². The van der Waals surface area contributed by atoms with Crippen LogP contribution in [0, 0.1) is 10.1 Å². The zero-order chi connectivity index (χ0) is 21.1. The Morgan fingerprint density at radius 3 is 2.60 bits per heavy atom. The summed E-state index contributed by atoms with van der Waals surface area (Å²) in [6.07, 6.45) is 0. The van der Waals surface area contributed by atoms with Gasteiger partial charge in [0.2, 0.25) is 5.91 Å². The van der Waals surface area contributed by atoms with Crippen LogP contribution in [0.5, 0.6) is 0 Å². The fourth-order valence-electron chi connectivity index (χ4n) is 3.85. The van der Waals surface area contributed by atoms with E-state index in [1.54, 1.807) is 29.5 Å². The van der Waals surface area contributed by atoms with Gasteiger partial charge in [-0.3, -0.25) is 24.7 Å². The first-order chi connectivity index (χ1) is 14.5. The molecule has 7 nitrogen and oxygen atoms in total. The maximum Gasteiger partial charge on any atom is 0.292 e. The number of nitrogens with zero attached hydrogens (tertiary/aromatic N) is 3. The van der Waals surface area contributed by atoms with E-state index in [0.717, 1.165) is 32.7 Å². The summed E-state index contributed by atoms with van der Waals surface area (Å²) >= 11 is 1.78. The summed E-state index contributed by atoms with van der Waals surface area (Å²) < 4.78 is 1.31. The summed E-state index contributed by atoms with van der Waals surface area (Å²) in [6.45, 7) is 6.10. The number of thiophene rings is 1. The Morgan fingerprint density at radius 2 is 1.83 bits per heavy atom. The van der Waals surface area contributed by atoms with E-state index in [2.05, 4.69) is 44.8 Å². The summed E-state index contributed by atoms with van der Waals surface area (Å²) in [7, 11) is 0. The minimum Gasteiger partial charge on any atom is -0.319 e. The molecule has 1 aliphatic heterocycles. The minimum absolute atomic E-state index is 0.0918. The highest BCUT2D eigenvalue weighted by Gasteiger charge is 2.27. The highest BCUT2D eigenvalue weighted by Crippen LogP contribution is 2.27. The molecule has 4 rings (SSSR count). The topological polar surface area (TPSA) is 78.7 Å². The van der Waals surface area contributed by atoms with E-state index >= 15 is 0 Å². The van der Waals surface area contributed by atoms with E-state index in [0.29, 0.717) is 0 Å². The molecular weight excluding hydrogens is 400 g/mol. The van der Waals surface area contributed by atoms with Crippen LogP contribution in [0.3, 0.4) is 0 Å². The third-order valence-electron chi connectivity index (χ3n) is 5.65. The Hall–Kier alpha value is -2.81. The lowest BCUT2D eigenvalue weighted by Crippen LogP contribution is -2.52. The van der Waals surface area contributed by atoms with Gasteiger partial charge < -0.3 is 5.32 Å². The summed E-state index contributed by atoms with van der Waals surface area (Å²) in [5.74, 6) is -0.221. The number of piperazine rings is 1. The molecule has 0 aliphatic carbocycles. The van der Waals surface area contributed by atoms with Gasteiger partial charge in [-0.25, -0.2) is 0 Å². The molecule has 1 saturated heterocycles. The summed E-state index contributed by atoms with van der Waals surface area (Å²) in [4.78, 5) is 27.9. The van der Waals surface area contributed by atoms with Gasteiger partial charge in [-0.05, 0) is 35.4 Å². The molecule has 1 aromatic heterocycles. The molecule has 8 heteroatoms. The van der Waals surface area contributed by atoms with Crippen LogP contribution in [0.4, 0.5) is 11.4 Å². The number of fused-ring (bicyclic) bond motifs is 1. The Balaban J connectivity index is 1.33. The van der Waals surface area contributed by atoms with Crippen molar-refractivity contribution in [2.45, 2.75) is 19.5 Å². The molecule has 2 heterocycles. The SMILES string of the molecule is C[C@H](C(=O)Nc1ccccc1[N+](=O)[O-])N1CCN(Cc2csc3ccccc23)CC1. The molecule has 0 bridgehead atoms. The third-order valence-corrected chi connectivity index (χ3v) is 6.66. The number of nitro benzene ring substituents is 1. The van der Waals surface area contributed by atoms with Gasteiger partial charge in [0.1, 0.15) is 5.69 Å². The lowest BCUT2D eigenvalue weighted by Gasteiger charge is -2.37. The number of benzene rings is 2. The summed E-state index contributed by atoms with van der Waals surface area (Å²) in [5, 5.41) is 17.4. The number of anilines is 1. The second-order valence-corrected chi connectivity index (χ2v) is 8.42. The van der Waals surface area contributed by atoms with Crippen LogP contribution in [0.1, 0.15) is 12.5 Å². The Morgan fingerprint density at radius 1 is 1.13 bits per heavy atom. The van der Waals surface area contributed by atoms with E-state index in [1.807, 2.05) is 6.92 Å². The first-order valence-electron chi connectivity index (χ1n) is 9.98. The fraction of sp³-hybridized carbons (Fsp3) is 0.318. The van der Waals surface area contributed by atoms with Gasteiger partial charge in [0.25, 0.3) is 5.69 Å². The molecule has 2 aromatic carbocycles. The zero-order valence-electron chi connectivity index (χ0n) is 16.8. The molecule has 1 N–H and O–H groups in total. The number of nitrogens with one attached hydrogen (secondary N) is 1. The molecule has 30 heavy (non-hydrogen) atoms. The molecule has 156 valence electrons. The monoisotopic (exact) mass is 424 g/mol. The molecule has 3 aromatic rings. The quantitative estimate of drug-likeness (QED) is 0.479. The second kappa shape index (κ2) is 8.91. The lowest BCUT2D eigenvalue weighted by molar-refractivity contribution is -0.383. The molecular formula is C22H24N4O3S. The van der Waals surface area contributed by atoms with Crippen LogP contribution in [0.2, 0.25) is 0 Å². The van der Waals surface area contributed by atoms with Gasteiger partial charge in [0, 0.05) is 43.5 Å². The third kappa shape index (κ3) is 4.35. The molecule has 1 fully saturated rings. The van der Waals surface area contributed by atoms with Gasteiger partial charge in [-0.1, -0.05) is 30.3 Å². The van der Waals surface area contributed by atoms with Crippen LogP contribution >= 0.6 is 11.3 Å². The molecule has 1 atom stereocenters. The van der Waals surface area contributed by atoms with E-state index in [1.165, 1.54) is 21.7 Å². The van der Waals surface area contributed by atoms with Gasteiger partial charge in [0.15, 0.2) is 0 Å². The molecule has 0 radical (unpaired) electrons. The summed E-state index contributed by atoms with van der Waals surface area (Å²) in [6, 6.07) is 14.3. The largest absolute Gasteiger partial charge is 0.319 e. The van der Waals surface area contributed by atoms with Crippen molar-refractivity contribution in [1.82, 2.24) is 9.80 Å².